The molecule has 0 aromatic rings. The van der Waals surface area contributed by atoms with Gasteiger partial charge < -0.3 is 19.7 Å². The zero-order valence-electron chi connectivity index (χ0n) is 12.2. The first-order chi connectivity index (χ1) is 10.6. The van der Waals surface area contributed by atoms with Crippen molar-refractivity contribution in [2.75, 3.05) is 38.8 Å². The number of aliphatic hydroxyl groups excluding tert-OH is 2. The van der Waals surface area contributed by atoms with E-state index in [0.717, 1.165) is 0 Å². The van der Waals surface area contributed by atoms with Crippen molar-refractivity contribution in [1.29, 1.82) is 0 Å². The van der Waals surface area contributed by atoms with Crippen LogP contribution in [0.4, 0.5) is 0 Å². The van der Waals surface area contributed by atoms with Gasteiger partial charge in [0, 0.05) is 25.4 Å². The highest BCUT2D eigenvalue weighted by molar-refractivity contribution is 7.80. The minimum atomic E-state index is -3.85. The third-order valence-corrected chi connectivity index (χ3v) is 5.18. The van der Waals surface area contributed by atoms with Crippen LogP contribution in [0.2, 0.25) is 0 Å². The smallest absolute Gasteiger partial charge is 0.394 e. The minimum Gasteiger partial charge on any atom is -0.394 e. The average molecular weight is 358 g/mol. The van der Waals surface area contributed by atoms with Crippen LogP contribution in [-0.2, 0) is 27.6 Å². The van der Waals surface area contributed by atoms with E-state index in [4.69, 9.17) is 23.0 Å². The van der Waals surface area contributed by atoms with Gasteiger partial charge >= 0.3 is 7.82 Å². The molecule has 2 aliphatic rings. The molecule has 0 bridgehead atoms. The Balaban J connectivity index is 1.92. The summed E-state index contributed by atoms with van der Waals surface area (Å²) >= 11 is 4.00. The molecular weight excluding hydrogens is 335 g/mol. The van der Waals surface area contributed by atoms with Gasteiger partial charge in [-0.15, -0.1) is 0 Å². The van der Waals surface area contributed by atoms with E-state index in [2.05, 4.69) is 12.6 Å². The molecule has 2 fully saturated rings. The van der Waals surface area contributed by atoms with Crippen molar-refractivity contribution in [3.05, 3.63) is 0 Å². The highest BCUT2D eigenvalue weighted by Gasteiger charge is 2.39. The fourth-order valence-corrected chi connectivity index (χ4v) is 3.95. The van der Waals surface area contributed by atoms with Crippen molar-refractivity contribution in [3.8, 4) is 0 Å². The zero-order chi connectivity index (χ0) is 16.0. The third kappa shape index (κ3) is 5.15. The number of hydrogen-bond donors (Lipinski definition) is 3. The molecule has 5 atom stereocenters. The maximum Gasteiger partial charge on any atom is 0.475 e. The van der Waals surface area contributed by atoms with Gasteiger partial charge in [0.15, 0.2) is 0 Å². The van der Waals surface area contributed by atoms with Gasteiger partial charge in [0.1, 0.15) is 18.3 Å². The lowest BCUT2D eigenvalue weighted by Gasteiger charge is -2.24. The first kappa shape index (κ1) is 18.6. The number of hydrogen-bond acceptors (Lipinski definition) is 9. The van der Waals surface area contributed by atoms with Gasteiger partial charge in [-0.1, -0.05) is 0 Å². The van der Waals surface area contributed by atoms with E-state index in [1.54, 1.807) is 0 Å². The molecule has 2 rings (SSSR count). The van der Waals surface area contributed by atoms with Crippen molar-refractivity contribution in [3.63, 3.8) is 0 Å². The Morgan fingerprint density at radius 1 is 1.18 bits per heavy atom. The summed E-state index contributed by atoms with van der Waals surface area (Å²) in [4.78, 5) is 0. The van der Waals surface area contributed by atoms with E-state index in [1.807, 2.05) is 0 Å². The standard InChI is InChI=1S/C12H23O8PS/c13-7-11-10(2-4-16-11)20-21(15,18-5-6-22)19-8-12-9(14)1-3-17-12/h9-14,22H,1-8H2/t9?,10?,11-,12-,21+/m1/s1. The largest absolute Gasteiger partial charge is 0.475 e. The van der Waals surface area contributed by atoms with Gasteiger partial charge in [0.2, 0.25) is 0 Å². The van der Waals surface area contributed by atoms with Gasteiger partial charge in [-0.3, -0.25) is 13.6 Å². The molecule has 0 aromatic heterocycles. The van der Waals surface area contributed by atoms with Gasteiger partial charge in [0.25, 0.3) is 0 Å². The number of thiol groups is 1. The summed E-state index contributed by atoms with van der Waals surface area (Å²) < 4.78 is 39.2. The second-order valence-electron chi connectivity index (χ2n) is 5.09. The third-order valence-electron chi connectivity index (χ3n) is 3.51. The number of rotatable bonds is 9. The Kier molecular flexibility index (Phi) is 7.59. The SMILES string of the molecule is O=[P@](OCCS)(OC[C@H]1OCCC1O)OC1CCO[C@@H]1CO. The summed E-state index contributed by atoms with van der Waals surface area (Å²) in [5, 5.41) is 18.9. The zero-order valence-corrected chi connectivity index (χ0v) is 14.0. The Bertz CT molecular complexity index is 384. The van der Waals surface area contributed by atoms with Gasteiger partial charge in [-0.25, -0.2) is 4.57 Å². The quantitative estimate of drug-likeness (QED) is 0.401. The summed E-state index contributed by atoms with van der Waals surface area (Å²) in [6.45, 7) is 0.601. The lowest BCUT2D eigenvalue weighted by molar-refractivity contribution is -0.0238. The molecule has 2 saturated heterocycles. The molecule has 2 unspecified atom stereocenters. The van der Waals surface area contributed by atoms with E-state index in [0.29, 0.717) is 31.8 Å². The summed E-state index contributed by atoms with van der Waals surface area (Å²) in [6, 6.07) is 0. The Morgan fingerprint density at radius 2 is 1.91 bits per heavy atom. The normalized spacial score (nSPS) is 34.9. The van der Waals surface area contributed by atoms with Gasteiger partial charge in [0.05, 0.1) is 25.9 Å². The molecule has 0 saturated carbocycles. The van der Waals surface area contributed by atoms with Crippen LogP contribution in [0.15, 0.2) is 0 Å². The summed E-state index contributed by atoms with van der Waals surface area (Å²) in [7, 11) is -3.85. The van der Waals surface area contributed by atoms with Crippen LogP contribution >= 0.6 is 20.5 Å². The first-order valence-corrected chi connectivity index (χ1v) is 9.38. The molecule has 8 nitrogen and oxygen atoms in total. The van der Waals surface area contributed by atoms with Crippen LogP contribution in [0.5, 0.6) is 0 Å². The fraction of sp³-hybridized carbons (Fsp3) is 1.00. The van der Waals surface area contributed by atoms with E-state index in [9.17, 15) is 14.8 Å². The average Bonchev–Trinajstić information content (AvgIpc) is 3.12. The maximum absolute atomic E-state index is 12.7. The summed E-state index contributed by atoms with van der Waals surface area (Å²) in [5.74, 6) is 0.351. The minimum absolute atomic E-state index is 0.0891. The highest BCUT2D eigenvalue weighted by Crippen LogP contribution is 2.52. The molecule has 2 aliphatic heterocycles. The van der Waals surface area contributed by atoms with E-state index in [-0.39, 0.29) is 19.8 Å². The number of phosphoric ester groups is 1. The topological polar surface area (TPSA) is 104 Å². The van der Waals surface area contributed by atoms with E-state index >= 15 is 0 Å². The van der Waals surface area contributed by atoms with Crippen LogP contribution in [0.3, 0.4) is 0 Å². The Labute approximate surface area is 135 Å². The van der Waals surface area contributed by atoms with E-state index in [1.165, 1.54) is 0 Å². The van der Waals surface area contributed by atoms with E-state index < -0.39 is 32.2 Å². The molecule has 0 aromatic carbocycles. The van der Waals surface area contributed by atoms with Crippen molar-refractivity contribution < 1.29 is 37.8 Å². The fourth-order valence-electron chi connectivity index (χ4n) is 2.30. The van der Waals surface area contributed by atoms with Crippen molar-refractivity contribution in [2.24, 2.45) is 0 Å². The van der Waals surface area contributed by atoms with Crippen LogP contribution in [0.25, 0.3) is 0 Å². The van der Waals surface area contributed by atoms with Crippen LogP contribution in [0.1, 0.15) is 12.8 Å². The summed E-state index contributed by atoms with van der Waals surface area (Å²) in [6.07, 6.45) is -1.32. The van der Waals surface area contributed by atoms with Gasteiger partial charge in [-0.2, -0.15) is 12.6 Å². The Morgan fingerprint density at radius 3 is 2.55 bits per heavy atom. The molecule has 0 radical (unpaired) electrons. The monoisotopic (exact) mass is 358 g/mol. The lowest BCUT2D eigenvalue weighted by Crippen LogP contribution is -2.29. The number of phosphoric acid groups is 1. The molecule has 10 heteroatoms. The molecule has 0 amide bonds. The molecule has 22 heavy (non-hydrogen) atoms. The molecule has 130 valence electrons. The molecule has 2 heterocycles. The second-order valence-corrected chi connectivity index (χ2v) is 7.16. The van der Waals surface area contributed by atoms with Gasteiger partial charge in [-0.05, 0) is 6.42 Å². The van der Waals surface area contributed by atoms with Crippen LogP contribution in [0, 0.1) is 0 Å². The lowest BCUT2D eigenvalue weighted by atomic mass is 10.2. The molecule has 0 aliphatic carbocycles. The molecule has 2 N–H and O–H groups in total. The van der Waals surface area contributed by atoms with Crippen molar-refractivity contribution in [1.82, 2.24) is 0 Å². The number of ether oxygens (including phenoxy) is 2. The Hall–Kier alpha value is 0.300. The van der Waals surface area contributed by atoms with Crippen molar-refractivity contribution >= 4 is 20.5 Å². The van der Waals surface area contributed by atoms with Crippen molar-refractivity contribution in [2.45, 2.75) is 37.3 Å². The number of aliphatic hydroxyl groups is 2. The highest BCUT2D eigenvalue weighted by atomic mass is 32.1. The molecule has 0 spiro atoms. The second kappa shape index (κ2) is 8.96. The predicted octanol–water partition coefficient (Wildman–Crippen LogP) is 0.374. The maximum atomic E-state index is 12.7. The molecular formula is C12H23O8PS. The summed E-state index contributed by atoms with van der Waals surface area (Å²) in [5.41, 5.74) is 0. The first-order valence-electron chi connectivity index (χ1n) is 7.28. The van der Waals surface area contributed by atoms with Crippen LogP contribution in [-0.4, -0.2) is 73.4 Å². The predicted molar refractivity (Wildman–Crippen MR) is 80.0 cm³/mol. The van der Waals surface area contributed by atoms with Crippen LogP contribution < -0.4 is 0 Å².